The van der Waals surface area contributed by atoms with Crippen molar-refractivity contribution in [3.8, 4) is 5.75 Å². The SMILES string of the molecule is COc1cc(/N=N/c2ccccn2)ccc1NC(=O)c1ccccc1F. The summed E-state index contributed by atoms with van der Waals surface area (Å²) in [7, 11) is 1.47. The van der Waals surface area contributed by atoms with Gasteiger partial charge < -0.3 is 10.1 Å². The Morgan fingerprint density at radius 3 is 2.62 bits per heavy atom. The van der Waals surface area contributed by atoms with E-state index in [-0.39, 0.29) is 5.56 Å². The van der Waals surface area contributed by atoms with Crippen LogP contribution in [-0.2, 0) is 0 Å². The first-order valence-corrected chi connectivity index (χ1v) is 7.74. The largest absolute Gasteiger partial charge is 0.494 e. The summed E-state index contributed by atoms with van der Waals surface area (Å²) < 4.78 is 19.0. The van der Waals surface area contributed by atoms with Gasteiger partial charge >= 0.3 is 0 Å². The molecule has 1 amide bonds. The highest BCUT2D eigenvalue weighted by molar-refractivity contribution is 6.05. The molecule has 0 aliphatic carbocycles. The summed E-state index contributed by atoms with van der Waals surface area (Å²) >= 11 is 0. The number of pyridine rings is 1. The summed E-state index contributed by atoms with van der Waals surface area (Å²) in [6.07, 6.45) is 1.62. The number of aromatic nitrogens is 1. The second kappa shape index (κ2) is 7.98. The Hall–Kier alpha value is -3.61. The van der Waals surface area contributed by atoms with Gasteiger partial charge in [0.05, 0.1) is 24.0 Å². The van der Waals surface area contributed by atoms with Gasteiger partial charge in [0, 0.05) is 12.3 Å². The predicted molar refractivity (Wildman–Crippen MR) is 95.8 cm³/mol. The molecule has 0 aliphatic heterocycles. The van der Waals surface area contributed by atoms with Gasteiger partial charge in [-0.3, -0.25) is 4.79 Å². The lowest BCUT2D eigenvalue weighted by molar-refractivity contribution is 0.102. The van der Waals surface area contributed by atoms with Crippen molar-refractivity contribution in [1.82, 2.24) is 4.98 Å². The van der Waals surface area contributed by atoms with Crippen LogP contribution in [0.2, 0.25) is 0 Å². The highest BCUT2D eigenvalue weighted by Gasteiger charge is 2.13. The van der Waals surface area contributed by atoms with E-state index in [9.17, 15) is 9.18 Å². The standard InChI is InChI=1S/C19H15FN4O2/c1-26-17-12-13(23-24-18-8-4-5-11-21-18)9-10-16(17)22-19(25)14-6-2-3-7-15(14)20/h2-12H,1H3,(H,22,25)/b24-23+. The molecule has 0 aliphatic rings. The van der Waals surface area contributed by atoms with Gasteiger partial charge in [0.1, 0.15) is 11.6 Å². The van der Waals surface area contributed by atoms with Crippen molar-refractivity contribution in [3.05, 3.63) is 78.2 Å². The van der Waals surface area contributed by atoms with Gasteiger partial charge in [0.15, 0.2) is 5.82 Å². The third-order valence-corrected chi connectivity index (χ3v) is 3.47. The zero-order chi connectivity index (χ0) is 18.4. The number of nitrogens with zero attached hydrogens (tertiary/aromatic N) is 3. The summed E-state index contributed by atoms with van der Waals surface area (Å²) in [6.45, 7) is 0. The number of carbonyl (C=O) groups is 1. The molecule has 0 fully saturated rings. The molecule has 1 aromatic heterocycles. The Labute approximate surface area is 149 Å². The van der Waals surface area contributed by atoms with Crippen molar-refractivity contribution in [3.63, 3.8) is 0 Å². The molecule has 0 spiro atoms. The van der Waals surface area contributed by atoms with Gasteiger partial charge in [-0.1, -0.05) is 18.2 Å². The summed E-state index contributed by atoms with van der Waals surface area (Å²) in [4.78, 5) is 16.3. The number of hydrogen-bond acceptors (Lipinski definition) is 5. The van der Waals surface area contributed by atoms with Gasteiger partial charge in [-0.25, -0.2) is 9.37 Å². The van der Waals surface area contributed by atoms with Crippen LogP contribution in [0.4, 0.5) is 21.6 Å². The molecule has 0 bridgehead atoms. The van der Waals surface area contributed by atoms with Gasteiger partial charge in [0.2, 0.25) is 0 Å². The van der Waals surface area contributed by atoms with Gasteiger partial charge in [-0.2, -0.15) is 0 Å². The topological polar surface area (TPSA) is 75.9 Å². The molecule has 0 atom stereocenters. The van der Waals surface area contributed by atoms with Crippen LogP contribution in [0.15, 0.2) is 77.1 Å². The van der Waals surface area contributed by atoms with E-state index in [0.717, 1.165) is 0 Å². The van der Waals surface area contributed by atoms with Gasteiger partial charge in [-0.15, -0.1) is 10.2 Å². The number of methoxy groups -OCH3 is 1. The van der Waals surface area contributed by atoms with Crippen molar-refractivity contribution in [2.24, 2.45) is 10.2 Å². The van der Waals surface area contributed by atoms with Crippen molar-refractivity contribution < 1.29 is 13.9 Å². The third kappa shape index (κ3) is 4.07. The minimum absolute atomic E-state index is 0.0477. The monoisotopic (exact) mass is 350 g/mol. The maximum atomic E-state index is 13.7. The zero-order valence-electron chi connectivity index (χ0n) is 13.9. The summed E-state index contributed by atoms with van der Waals surface area (Å²) in [5.74, 6) is -0.301. The molecule has 7 heteroatoms. The van der Waals surface area contributed by atoms with Crippen LogP contribution in [0, 0.1) is 5.82 Å². The van der Waals surface area contributed by atoms with E-state index in [1.807, 2.05) is 6.07 Å². The number of halogens is 1. The van der Waals surface area contributed by atoms with E-state index < -0.39 is 11.7 Å². The molecule has 26 heavy (non-hydrogen) atoms. The van der Waals surface area contributed by atoms with E-state index in [4.69, 9.17) is 4.74 Å². The molecule has 2 aromatic carbocycles. The molecule has 1 heterocycles. The van der Waals surface area contributed by atoms with E-state index in [1.54, 1.807) is 42.6 Å². The van der Waals surface area contributed by atoms with Crippen molar-refractivity contribution in [2.75, 3.05) is 12.4 Å². The normalized spacial score (nSPS) is 10.7. The molecule has 1 N–H and O–H groups in total. The molecule has 0 saturated carbocycles. The highest BCUT2D eigenvalue weighted by Crippen LogP contribution is 2.30. The number of anilines is 1. The van der Waals surface area contributed by atoms with E-state index in [1.165, 1.54) is 25.3 Å². The third-order valence-electron chi connectivity index (χ3n) is 3.47. The van der Waals surface area contributed by atoms with Crippen LogP contribution in [0.25, 0.3) is 0 Å². The van der Waals surface area contributed by atoms with Gasteiger partial charge in [0.25, 0.3) is 5.91 Å². The van der Waals surface area contributed by atoms with Crippen LogP contribution in [0.3, 0.4) is 0 Å². The molecular formula is C19H15FN4O2. The minimum Gasteiger partial charge on any atom is -0.494 e. The Bertz CT molecular complexity index is 945. The number of carbonyl (C=O) groups excluding carboxylic acids is 1. The second-order valence-electron chi connectivity index (χ2n) is 5.21. The Morgan fingerprint density at radius 2 is 1.88 bits per heavy atom. The van der Waals surface area contributed by atoms with Crippen molar-refractivity contribution >= 4 is 23.1 Å². The number of amides is 1. The quantitative estimate of drug-likeness (QED) is 0.665. The minimum atomic E-state index is -0.593. The average Bonchev–Trinajstić information content (AvgIpc) is 2.68. The Morgan fingerprint density at radius 1 is 1.08 bits per heavy atom. The zero-order valence-corrected chi connectivity index (χ0v) is 13.9. The van der Waals surface area contributed by atoms with Crippen LogP contribution in [-0.4, -0.2) is 18.0 Å². The molecular weight excluding hydrogens is 335 g/mol. The van der Waals surface area contributed by atoms with Gasteiger partial charge in [-0.05, 0) is 36.4 Å². The van der Waals surface area contributed by atoms with Crippen LogP contribution < -0.4 is 10.1 Å². The first-order valence-electron chi connectivity index (χ1n) is 7.74. The lowest BCUT2D eigenvalue weighted by Gasteiger charge is -2.11. The maximum absolute atomic E-state index is 13.7. The first kappa shape index (κ1) is 17.2. The molecule has 3 rings (SSSR count). The molecule has 3 aromatic rings. The average molecular weight is 350 g/mol. The maximum Gasteiger partial charge on any atom is 0.258 e. The Kier molecular flexibility index (Phi) is 5.28. The van der Waals surface area contributed by atoms with Crippen molar-refractivity contribution in [1.29, 1.82) is 0 Å². The molecule has 6 nitrogen and oxygen atoms in total. The smallest absolute Gasteiger partial charge is 0.258 e. The highest BCUT2D eigenvalue weighted by atomic mass is 19.1. The Balaban J connectivity index is 1.80. The number of azo groups is 1. The lowest BCUT2D eigenvalue weighted by atomic mass is 10.2. The molecule has 0 saturated heterocycles. The number of benzene rings is 2. The number of rotatable bonds is 5. The summed E-state index contributed by atoms with van der Waals surface area (Å²) in [5, 5.41) is 10.7. The fourth-order valence-electron chi connectivity index (χ4n) is 2.20. The fraction of sp³-hybridized carbons (Fsp3) is 0.0526. The molecule has 0 unspecified atom stereocenters. The number of hydrogen-bond donors (Lipinski definition) is 1. The van der Waals surface area contributed by atoms with E-state index >= 15 is 0 Å². The number of nitrogens with one attached hydrogen (secondary N) is 1. The first-order chi connectivity index (χ1) is 12.7. The second-order valence-corrected chi connectivity index (χ2v) is 5.21. The molecule has 130 valence electrons. The van der Waals surface area contributed by atoms with Crippen LogP contribution in [0.5, 0.6) is 5.75 Å². The lowest BCUT2D eigenvalue weighted by Crippen LogP contribution is -2.14. The van der Waals surface area contributed by atoms with E-state index in [2.05, 4.69) is 20.5 Å². The number of ether oxygens (including phenoxy) is 1. The molecule has 0 radical (unpaired) electrons. The predicted octanol–water partition coefficient (Wildman–Crippen LogP) is 4.90. The van der Waals surface area contributed by atoms with Crippen LogP contribution >= 0.6 is 0 Å². The summed E-state index contributed by atoms with van der Waals surface area (Å²) in [5.41, 5.74) is 0.877. The van der Waals surface area contributed by atoms with Crippen LogP contribution in [0.1, 0.15) is 10.4 Å². The fourth-order valence-corrected chi connectivity index (χ4v) is 2.20. The summed E-state index contributed by atoms with van der Waals surface area (Å²) in [6, 6.07) is 16.0. The van der Waals surface area contributed by atoms with E-state index in [0.29, 0.717) is 22.9 Å². The van der Waals surface area contributed by atoms with Crippen molar-refractivity contribution in [2.45, 2.75) is 0 Å².